The second kappa shape index (κ2) is 15.2. The van der Waals surface area contributed by atoms with Crippen LogP contribution in [0.25, 0.3) is 0 Å². The van der Waals surface area contributed by atoms with Crippen molar-refractivity contribution in [1.29, 1.82) is 0 Å². The van der Waals surface area contributed by atoms with Gasteiger partial charge in [0.25, 0.3) is 0 Å². The van der Waals surface area contributed by atoms with Gasteiger partial charge in [-0.25, -0.2) is 0 Å². The molecule has 0 aliphatic heterocycles. The smallest absolute Gasteiger partial charge is 0.303 e. The molecule has 25 heavy (non-hydrogen) atoms. The summed E-state index contributed by atoms with van der Waals surface area (Å²) in [5.74, 6) is 9.87. The molecule has 0 radical (unpaired) electrons. The first-order chi connectivity index (χ1) is 12.0. The van der Waals surface area contributed by atoms with Crippen molar-refractivity contribution in [3.63, 3.8) is 0 Å². The van der Waals surface area contributed by atoms with Gasteiger partial charge in [-0.2, -0.15) is 0 Å². The van der Waals surface area contributed by atoms with Crippen molar-refractivity contribution in [2.45, 2.75) is 57.3 Å². The van der Waals surface area contributed by atoms with Crippen LogP contribution in [0.4, 0.5) is 0 Å². The summed E-state index contributed by atoms with van der Waals surface area (Å²) in [6, 6.07) is 0. The average molecular weight is 346 g/mol. The van der Waals surface area contributed by atoms with Crippen LogP contribution in [0.2, 0.25) is 0 Å². The molecule has 5 nitrogen and oxygen atoms in total. The van der Waals surface area contributed by atoms with E-state index < -0.39 is 24.3 Å². The second-order valence-corrected chi connectivity index (χ2v) is 5.26. The standard InChI is InChI=1S/C20H26O5/c1-2-17(21)11-8-5-9-14-18(22)12-6-3-4-7-13-19(23)15-10-16-20(24)25/h3-4,6,8,11-12,17-19,21-23H,2,10,14-16H2,1H3,(H,24,25)/b4-3+,11-8+,12-6+/t17-,18+,19-/m1/s1. The molecule has 0 rings (SSSR count). The molecule has 0 aliphatic rings. The Kier molecular flexibility index (Phi) is 13.8. The van der Waals surface area contributed by atoms with Gasteiger partial charge >= 0.3 is 5.97 Å². The quantitative estimate of drug-likeness (QED) is 0.377. The monoisotopic (exact) mass is 346 g/mol. The Morgan fingerprint density at radius 2 is 1.80 bits per heavy atom. The number of aliphatic hydroxyl groups excluding tert-OH is 3. The fraction of sp³-hybridized carbons (Fsp3) is 0.450. The summed E-state index contributed by atoms with van der Waals surface area (Å²) in [7, 11) is 0. The zero-order valence-corrected chi connectivity index (χ0v) is 14.4. The number of carbonyl (C=O) groups is 1. The van der Waals surface area contributed by atoms with E-state index in [4.69, 9.17) is 5.11 Å². The highest BCUT2D eigenvalue weighted by molar-refractivity contribution is 5.66. The van der Waals surface area contributed by atoms with Crippen LogP contribution >= 0.6 is 0 Å². The molecule has 0 saturated heterocycles. The molecule has 0 aromatic carbocycles. The highest BCUT2D eigenvalue weighted by Gasteiger charge is 2.01. The van der Waals surface area contributed by atoms with Crippen LogP contribution in [-0.2, 0) is 4.79 Å². The Balaban J connectivity index is 4.04. The molecule has 0 fully saturated rings. The predicted octanol–water partition coefficient (Wildman–Crippen LogP) is 1.80. The van der Waals surface area contributed by atoms with Crippen molar-refractivity contribution in [3.05, 3.63) is 36.5 Å². The van der Waals surface area contributed by atoms with Crippen molar-refractivity contribution in [2.24, 2.45) is 0 Å². The van der Waals surface area contributed by atoms with E-state index >= 15 is 0 Å². The molecule has 0 spiro atoms. The number of carboxylic acids is 1. The molecule has 136 valence electrons. The van der Waals surface area contributed by atoms with Crippen molar-refractivity contribution in [2.75, 3.05) is 0 Å². The second-order valence-electron chi connectivity index (χ2n) is 5.26. The maximum atomic E-state index is 10.3. The first-order valence-electron chi connectivity index (χ1n) is 8.21. The van der Waals surface area contributed by atoms with Crippen LogP contribution in [0.15, 0.2) is 36.5 Å². The third kappa shape index (κ3) is 16.3. The van der Waals surface area contributed by atoms with Crippen molar-refractivity contribution < 1.29 is 25.2 Å². The maximum absolute atomic E-state index is 10.3. The molecule has 4 N–H and O–H groups in total. The molecule has 0 bridgehead atoms. The number of aliphatic carboxylic acids is 1. The zero-order chi connectivity index (χ0) is 18.9. The van der Waals surface area contributed by atoms with E-state index in [1.54, 1.807) is 30.4 Å². The first-order valence-corrected chi connectivity index (χ1v) is 8.21. The van der Waals surface area contributed by atoms with Crippen LogP contribution in [0.5, 0.6) is 0 Å². The minimum Gasteiger partial charge on any atom is -0.481 e. The van der Waals surface area contributed by atoms with E-state index in [0.717, 1.165) is 0 Å². The number of hydrogen-bond donors (Lipinski definition) is 4. The molecular weight excluding hydrogens is 320 g/mol. The summed E-state index contributed by atoms with van der Waals surface area (Å²) in [5, 5.41) is 36.9. The lowest BCUT2D eigenvalue weighted by Gasteiger charge is -1.99. The predicted molar refractivity (Wildman–Crippen MR) is 97.4 cm³/mol. The fourth-order valence-corrected chi connectivity index (χ4v) is 1.54. The Morgan fingerprint density at radius 3 is 2.48 bits per heavy atom. The van der Waals surface area contributed by atoms with Gasteiger partial charge in [0.15, 0.2) is 0 Å². The number of aliphatic hydroxyl groups is 3. The van der Waals surface area contributed by atoms with Crippen LogP contribution < -0.4 is 0 Å². The van der Waals surface area contributed by atoms with Gasteiger partial charge in [-0.3, -0.25) is 4.79 Å². The van der Waals surface area contributed by atoms with Gasteiger partial charge in [-0.15, -0.1) is 0 Å². The molecule has 0 amide bonds. The molecule has 0 unspecified atom stereocenters. The van der Waals surface area contributed by atoms with Crippen molar-refractivity contribution >= 4 is 5.97 Å². The summed E-state index contributed by atoms with van der Waals surface area (Å²) in [6.07, 6.45) is 9.17. The highest BCUT2D eigenvalue weighted by Crippen LogP contribution is 1.99. The van der Waals surface area contributed by atoms with Crippen molar-refractivity contribution in [3.8, 4) is 23.7 Å². The molecule has 3 atom stereocenters. The highest BCUT2D eigenvalue weighted by atomic mass is 16.4. The Labute approximate surface area is 149 Å². The fourth-order valence-electron chi connectivity index (χ4n) is 1.54. The zero-order valence-electron chi connectivity index (χ0n) is 14.4. The summed E-state index contributed by atoms with van der Waals surface area (Å²) in [4.78, 5) is 10.3. The van der Waals surface area contributed by atoms with E-state index in [1.165, 1.54) is 6.08 Å². The Hall–Kier alpha value is -2.31. The van der Waals surface area contributed by atoms with Gasteiger partial charge in [-0.1, -0.05) is 48.8 Å². The lowest BCUT2D eigenvalue weighted by Crippen LogP contribution is -2.04. The molecule has 0 aliphatic carbocycles. The molecule has 5 heteroatoms. The van der Waals surface area contributed by atoms with E-state index in [-0.39, 0.29) is 12.8 Å². The van der Waals surface area contributed by atoms with Crippen molar-refractivity contribution in [1.82, 2.24) is 0 Å². The summed E-state index contributed by atoms with van der Waals surface area (Å²) < 4.78 is 0. The van der Waals surface area contributed by atoms with Gasteiger partial charge in [0.05, 0.1) is 12.2 Å². The largest absolute Gasteiger partial charge is 0.481 e. The minimum absolute atomic E-state index is 0.0209. The summed E-state index contributed by atoms with van der Waals surface area (Å²) in [6.45, 7) is 1.87. The lowest BCUT2D eigenvalue weighted by atomic mass is 10.1. The Morgan fingerprint density at radius 1 is 1.04 bits per heavy atom. The van der Waals surface area contributed by atoms with E-state index in [2.05, 4.69) is 23.7 Å². The Bertz CT molecular complexity index is 581. The van der Waals surface area contributed by atoms with Crippen LogP contribution in [0, 0.1) is 23.7 Å². The number of allylic oxidation sites excluding steroid dienone is 4. The average Bonchev–Trinajstić information content (AvgIpc) is 2.57. The normalized spacial score (nSPS) is 14.7. The van der Waals surface area contributed by atoms with Crippen LogP contribution in [-0.4, -0.2) is 44.7 Å². The van der Waals surface area contributed by atoms with E-state index in [9.17, 15) is 20.1 Å². The van der Waals surface area contributed by atoms with Crippen LogP contribution in [0.1, 0.15) is 39.0 Å². The van der Waals surface area contributed by atoms with Gasteiger partial charge in [0.1, 0.15) is 6.10 Å². The van der Waals surface area contributed by atoms with Gasteiger partial charge in [0, 0.05) is 12.8 Å². The third-order valence-electron chi connectivity index (χ3n) is 2.98. The van der Waals surface area contributed by atoms with Gasteiger partial charge in [-0.05, 0) is 37.5 Å². The van der Waals surface area contributed by atoms with Crippen LogP contribution in [0.3, 0.4) is 0 Å². The number of rotatable bonds is 9. The lowest BCUT2D eigenvalue weighted by molar-refractivity contribution is -0.137. The summed E-state index contributed by atoms with van der Waals surface area (Å²) in [5.41, 5.74) is 0. The number of hydrogen-bond acceptors (Lipinski definition) is 4. The topological polar surface area (TPSA) is 98.0 Å². The molecule has 0 saturated carbocycles. The van der Waals surface area contributed by atoms with E-state index in [1.807, 2.05) is 6.92 Å². The third-order valence-corrected chi connectivity index (χ3v) is 2.98. The molecular formula is C20H26O5. The molecule has 0 heterocycles. The van der Waals surface area contributed by atoms with Gasteiger partial charge < -0.3 is 20.4 Å². The SMILES string of the molecule is CC[C@@H](O)/C=C/C#CC[C@@H](O)/C=C/C=C/C#C[C@@H](O)CCCC(=O)O. The molecule has 0 aromatic rings. The first kappa shape index (κ1) is 22.7. The maximum Gasteiger partial charge on any atom is 0.303 e. The number of carboxylic acid groups (broad SMARTS) is 1. The van der Waals surface area contributed by atoms with E-state index in [0.29, 0.717) is 19.3 Å². The minimum atomic E-state index is -0.886. The van der Waals surface area contributed by atoms with Gasteiger partial charge in [0.2, 0.25) is 0 Å². The summed E-state index contributed by atoms with van der Waals surface area (Å²) >= 11 is 0. The molecule has 0 aromatic heterocycles.